The lowest BCUT2D eigenvalue weighted by molar-refractivity contribution is 0.531. The highest BCUT2D eigenvalue weighted by Gasteiger charge is 2.44. The van der Waals surface area contributed by atoms with Crippen molar-refractivity contribution < 1.29 is 8.42 Å². The fourth-order valence-electron chi connectivity index (χ4n) is 2.43. The van der Waals surface area contributed by atoms with Crippen molar-refractivity contribution in [2.75, 3.05) is 0 Å². The van der Waals surface area contributed by atoms with E-state index in [-0.39, 0.29) is 11.3 Å². The standard InChI is InChI=1S/C18H19NO2S/c1-4-14-18(19-3,16-8-6-5-7-9-16)22(20,21)17-12-10-15(2)11-13-17/h4-13H,1,3,14H2,2H3. The maximum absolute atomic E-state index is 13.2. The van der Waals surface area contributed by atoms with E-state index in [1.807, 2.05) is 13.0 Å². The number of nitrogens with zero attached hydrogens (tertiary/aromatic N) is 1. The van der Waals surface area contributed by atoms with Crippen molar-refractivity contribution in [2.24, 2.45) is 4.99 Å². The van der Waals surface area contributed by atoms with E-state index in [0.29, 0.717) is 5.56 Å². The van der Waals surface area contributed by atoms with Gasteiger partial charge in [-0.05, 0) is 31.3 Å². The van der Waals surface area contributed by atoms with Crippen molar-refractivity contribution >= 4 is 16.6 Å². The molecule has 0 aromatic heterocycles. The molecule has 4 heteroatoms. The molecule has 0 saturated carbocycles. The molecule has 0 aliphatic heterocycles. The summed E-state index contributed by atoms with van der Waals surface area (Å²) in [7, 11) is -3.75. The van der Waals surface area contributed by atoms with Crippen molar-refractivity contribution in [3.63, 3.8) is 0 Å². The smallest absolute Gasteiger partial charge is 0.208 e. The summed E-state index contributed by atoms with van der Waals surface area (Å²) in [6, 6.07) is 15.7. The van der Waals surface area contributed by atoms with Gasteiger partial charge in [0.05, 0.1) is 4.90 Å². The van der Waals surface area contributed by atoms with Gasteiger partial charge in [-0.1, -0.05) is 54.1 Å². The van der Waals surface area contributed by atoms with Crippen LogP contribution in [0.4, 0.5) is 0 Å². The van der Waals surface area contributed by atoms with Gasteiger partial charge in [-0.15, -0.1) is 6.58 Å². The first-order valence-corrected chi connectivity index (χ1v) is 8.42. The fourth-order valence-corrected chi connectivity index (χ4v) is 4.27. The van der Waals surface area contributed by atoms with Crippen molar-refractivity contribution in [3.8, 4) is 0 Å². The molecule has 0 amide bonds. The van der Waals surface area contributed by atoms with Crippen LogP contribution in [0, 0.1) is 6.92 Å². The molecule has 0 aliphatic carbocycles. The summed E-state index contributed by atoms with van der Waals surface area (Å²) in [6.07, 6.45) is 1.73. The van der Waals surface area contributed by atoms with E-state index in [1.54, 1.807) is 54.6 Å². The third-order valence-electron chi connectivity index (χ3n) is 3.68. The summed E-state index contributed by atoms with van der Waals surface area (Å²) >= 11 is 0. The van der Waals surface area contributed by atoms with E-state index < -0.39 is 14.7 Å². The van der Waals surface area contributed by atoms with Crippen molar-refractivity contribution in [2.45, 2.75) is 23.1 Å². The molecule has 3 nitrogen and oxygen atoms in total. The van der Waals surface area contributed by atoms with Gasteiger partial charge >= 0.3 is 0 Å². The Balaban J connectivity index is 2.70. The van der Waals surface area contributed by atoms with Gasteiger partial charge in [-0.2, -0.15) is 0 Å². The molecule has 2 aromatic carbocycles. The van der Waals surface area contributed by atoms with E-state index in [0.717, 1.165) is 5.56 Å². The number of sulfone groups is 1. The van der Waals surface area contributed by atoms with E-state index in [2.05, 4.69) is 18.3 Å². The Bertz CT molecular complexity index is 764. The molecule has 0 N–H and O–H groups in total. The summed E-state index contributed by atoms with van der Waals surface area (Å²) < 4.78 is 26.4. The van der Waals surface area contributed by atoms with Gasteiger partial charge in [0.15, 0.2) is 4.87 Å². The molecule has 0 bridgehead atoms. The molecule has 0 saturated heterocycles. The molecule has 0 radical (unpaired) electrons. The fraction of sp³-hybridized carbons (Fsp3) is 0.167. The Morgan fingerprint density at radius 3 is 2.18 bits per heavy atom. The third-order valence-corrected chi connectivity index (χ3v) is 5.99. The van der Waals surface area contributed by atoms with Gasteiger partial charge in [-0.25, -0.2) is 8.42 Å². The Morgan fingerprint density at radius 1 is 1.09 bits per heavy atom. The van der Waals surface area contributed by atoms with Crippen LogP contribution in [0.3, 0.4) is 0 Å². The van der Waals surface area contributed by atoms with Crippen LogP contribution in [0.5, 0.6) is 0 Å². The van der Waals surface area contributed by atoms with Crippen LogP contribution in [0.1, 0.15) is 17.5 Å². The average molecular weight is 313 g/mol. The second-order valence-corrected chi connectivity index (χ2v) is 7.27. The highest BCUT2D eigenvalue weighted by molar-refractivity contribution is 7.92. The van der Waals surface area contributed by atoms with E-state index in [1.165, 1.54) is 0 Å². The molecule has 114 valence electrons. The molecule has 0 fully saturated rings. The van der Waals surface area contributed by atoms with Crippen molar-refractivity contribution in [1.82, 2.24) is 0 Å². The highest BCUT2D eigenvalue weighted by atomic mass is 32.2. The first-order chi connectivity index (χ1) is 10.5. The first-order valence-electron chi connectivity index (χ1n) is 6.93. The van der Waals surface area contributed by atoms with Gasteiger partial charge < -0.3 is 0 Å². The Morgan fingerprint density at radius 2 is 1.68 bits per heavy atom. The van der Waals surface area contributed by atoms with Gasteiger partial charge in [0, 0.05) is 6.42 Å². The number of hydrogen-bond donors (Lipinski definition) is 0. The molecular weight excluding hydrogens is 294 g/mol. The molecule has 1 atom stereocenters. The number of rotatable bonds is 6. The summed E-state index contributed by atoms with van der Waals surface area (Å²) in [6.45, 7) is 9.16. The highest BCUT2D eigenvalue weighted by Crippen LogP contribution is 2.40. The molecular formula is C18H19NO2S. The molecule has 0 aliphatic rings. The predicted octanol–water partition coefficient (Wildman–Crippen LogP) is 3.90. The zero-order valence-electron chi connectivity index (χ0n) is 12.6. The minimum atomic E-state index is -3.75. The van der Waals surface area contributed by atoms with Crippen molar-refractivity contribution in [1.29, 1.82) is 0 Å². The van der Waals surface area contributed by atoms with Gasteiger partial charge in [0.25, 0.3) is 0 Å². The van der Waals surface area contributed by atoms with Gasteiger partial charge in [0.2, 0.25) is 9.84 Å². The number of hydrogen-bond acceptors (Lipinski definition) is 3. The van der Waals surface area contributed by atoms with E-state index in [9.17, 15) is 8.42 Å². The quantitative estimate of drug-likeness (QED) is 0.600. The number of benzene rings is 2. The van der Waals surface area contributed by atoms with Gasteiger partial charge in [0.1, 0.15) is 0 Å². The summed E-state index contributed by atoms with van der Waals surface area (Å²) in [4.78, 5) is 2.82. The number of aryl methyl sites for hydroxylation is 1. The van der Waals surface area contributed by atoms with Crippen LogP contribution in [-0.4, -0.2) is 15.1 Å². The molecule has 2 aromatic rings. The van der Waals surface area contributed by atoms with Crippen LogP contribution < -0.4 is 0 Å². The topological polar surface area (TPSA) is 46.5 Å². The molecule has 22 heavy (non-hydrogen) atoms. The second-order valence-electron chi connectivity index (χ2n) is 5.12. The molecule has 1 unspecified atom stereocenters. The first kappa shape index (κ1) is 16.2. The Kier molecular flexibility index (Phi) is 4.62. The zero-order valence-corrected chi connectivity index (χ0v) is 13.4. The SMILES string of the molecule is C=CCC(N=C)(c1ccccc1)S(=O)(=O)c1ccc(C)cc1. The van der Waals surface area contributed by atoms with Crippen LogP contribution in [-0.2, 0) is 14.7 Å². The minimum Gasteiger partial charge on any atom is -0.272 e. The van der Waals surface area contributed by atoms with Gasteiger partial charge in [-0.3, -0.25) is 4.99 Å². The monoisotopic (exact) mass is 313 g/mol. The van der Waals surface area contributed by atoms with Crippen LogP contribution in [0.2, 0.25) is 0 Å². The van der Waals surface area contributed by atoms with Crippen LogP contribution in [0.25, 0.3) is 0 Å². The summed E-state index contributed by atoms with van der Waals surface area (Å²) in [5.74, 6) is 0. The maximum atomic E-state index is 13.2. The minimum absolute atomic E-state index is 0.163. The average Bonchev–Trinajstić information content (AvgIpc) is 2.53. The lowest BCUT2D eigenvalue weighted by Crippen LogP contribution is -2.33. The summed E-state index contributed by atoms with van der Waals surface area (Å²) in [5.41, 5.74) is 1.59. The lowest BCUT2D eigenvalue weighted by atomic mass is 10.0. The molecule has 2 rings (SSSR count). The third kappa shape index (κ3) is 2.62. The number of aliphatic imine (C=N–C) groups is 1. The predicted molar refractivity (Wildman–Crippen MR) is 90.8 cm³/mol. The van der Waals surface area contributed by atoms with E-state index >= 15 is 0 Å². The normalized spacial score (nSPS) is 14.0. The van der Waals surface area contributed by atoms with E-state index in [4.69, 9.17) is 0 Å². The zero-order chi connectivity index (χ0) is 16.2. The lowest BCUT2D eigenvalue weighted by Gasteiger charge is -2.29. The molecule has 0 heterocycles. The maximum Gasteiger partial charge on any atom is 0.208 e. The molecule has 0 spiro atoms. The largest absolute Gasteiger partial charge is 0.272 e. The summed E-state index contributed by atoms with van der Waals surface area (Å²) in [5, 5.41) is 0. The Hall–Kier alpha value is -2.20. The second kappa shape index (κ2) is 6.28. The van der Waals surface area contributed by atoms with Crippen molar-refractivity contribution in [3.05, 3.63) is 78.4 Å². The Labute approximate surface area is 132 Å². The van der Waals surface area contributed by atoms with Crippen LogP contribution in [0.15, 0.2) is 77.1 Å². The van der Waals surface area contributed by atoms with Crippen LogP contribution >= 0.6 is 0 Å².